The van der Waals surface area contributed by atoms with Crippen molar-refractivity contribution in [3.8, 4) is 0 Å². The minimum Gasteiger partial charge on any atom is -0.354 e. The third-order valence-corrected chi connectivity index (χ3v) is 4.25. The summed E-state index contributed by atoms with van der Waals surface area (Å²) in [6.07, 6.45) is 4.53. The number of nitrogens with one attached hydrogen (secondary N) is 1. The fraction of sp³-hybridized carbons (Fsp3) is 0.929. The second-order valence-corrected chi connectivity index (χ2v) is 7.65. The molecule has 2 fully saturated rings. The number of halogens is 1. The summed E-state index contributed by atoms with van der Waals surface area (Å²) in [4.78, 5) is 11.9. The van der Waals surface area contributed by atoms with Crippen LogP contribution in [-0.4, -0.2) is 17.8 Å². The van der Waals surface area contributed by atoms with Crippen LogP contribution in [0.5, 0.6) is 0 Å². The Bertz CT molecular complexity index is 287. The third-order valence-electron chi connectivity index (χ3n) is 3.95. The molecular formula is C14H24ClNO. The SMILES string of the molecule is CC(C)(C)CC(Cl)CNC(=O)C1CC2CC2C1. The van der Waals surface area contributed by atoms with Crippen molar-refractivity contribution in [2.45, 2.75) is 51.8 Å². The minimum atomic E-state index is 0.0508. The Labute approximate surface area is 109 Å². The molecule has 2 aliphatic carbocycles. The van der Waals surface area contributed by atoms with Crippen LogP contribution in [0, 0.1) is 23.2 Å². The van der Waals surface area contributed by atoms with E-state index in [1.165, 1.54) is 6.42 Å². The van der Waals surface area contributed by atoms with Crippen molar-refractivity contribution >= 4 is 17.5 Å². The highest BCUT2D eigenvalue weighted by atomic mass is 35.5. The van der Waals surface area contributed by atoms with Crippen LogP contribution in [0.2, 0.25) is 0 Å². The second kappa shape index (κ2) is 4.79. The zero-order chi connectivity index (χ0) is 12.6. The molecule has 2 aliphatic rings. The Morgan fingerprint density at radius 1 is 1.29 bits per heavy atom. The van der Waals surface area contributed by atoms with E-state index in [1.54, 1.807) is 0 Å². The van der Waals surface area contributed by atoms with E-state index >= 15 is 0 Å². The van der Waals surface area contributed by atoms with Gasteiger partial charge in [-0.2, -0.15) is 0 Å². The summed E-state index contributed by atoms with van der Waals surface area (Å²) in [5, 5.41) is 3.07. The molecule has 17 heavy (non-hydrogen) atoms. The predicted molar refractivity (Wildman–Crippen MR) is 71.0 cm³/mol. The Morgan fingerprint density at radius 2 is 1.88 bits per heavy atom. The lowest BCUT2D eigenvalue weighted by Gasteiger charge is -2.22. The quantitative estimate of drug-likeness (QED) is 0.770. The number of rotatable bonds is 4. The van der Waals surface area contributed by atoms with E-state index in [4.69, 9.17) is 11.6 Å². The molecule has 0 heterocycles. The highest BCUT2D eigenvalue weighted by Gasteiger charge is 2.47. The third kappa shape index (κ3) is 3.87. The van der Waals surface area contributed by atoms with Gasteiger partial charge in [-0.3, -0.25) is 4.79 Å². The van der Waals surface area contributed by atoms with Gasteiger partial charge in [0.1, 0.15) is 0 Å². The highest BCUT2D eigenvalue weighted by molar-refractivity contribution is 6.20. The van der Waals surface area contributed by atoms with Crippen LogP contribution in [0.3, 0.4) is 0 Å². The first-order chi connectivity index (χ1) is 7.85. The van der Waals surface area contributed by atoms with Gasteiger partial charge in [-0.15, -0.1) is 11.6 Å². The van der Waals surface area contributed by atoms with E-state index in [1.807, 2.05) is 0 Å². The standard InChI is InChI=1S/C14H24ClNO/c1-14(2,3)7-12(15)8-16-13(17)11-5-9-4-10(9)6-11/h9-12H,4-8H2,1-3H3,(H,16,17). The largest absolute Gasteiger partial charge is 0.354 e. The number of carbonyl (C=O) groups excluding carboxylic acids is 1. The van der Waals surface area contributed by atoms with Gasteiger partial charge >= 0.3 is 0 Å². The molecule has 3 atom stereocenters. The van der Waals surface area contributed by atoms with Gasteiger partial charge in [0, 0.05) is 12.5 Å². The van der Waals surface area contributed by atoms with E-state index in [2.05, 4.69) is 26.1 Å². The van der Waals surface area contributed by atoms with Crippen LogP contribution < -0.4 is 5.32 Å². The molecule has 0 aromatic heterocycles. The number of carbonyl (C=O) groups is 1. The number of hydrogen-bond donors (Lipinski definition) is 1. The smallest absolute Gasteiger partial charge is 0.223 e. The summed E-state index contributed by atoms with van der Waals surface area (Å²) in [5.74, 6) is 2.24. The van der Waals surface area contributed by atoms with E-state index in [0.717, 1.165) is 31.1 Å². The van der Waals surface area contributed by atoms with E-state index in [9.17, 15) is 4.79 Å². The lowest BCUT2D eigenvalue weighted by Crippen LogP contribution is -2.35. The molecule has 3 unspecified atom stereocenters. The Hall–Kier alpha value is -0.240. The van der Waals surface area contributed by atoms with Crippen molar-refractivity contribution in [3.63, 3.8) is 0 Å². The van der Waals surface area contributed by atoms with Gasteiger partial charge in [0.05, 0.1) is 5.38 Å². The average Bonchev–Trinajstić information content (AvgIpc) is 2.80. The molecule has 0 bridgehead atoms. The second-order valence-electron chi connectivity index (χ2n) is 7.03. The first-order valence-corrected chi connectivity index (χ1v) is 7.20. The molecule has 2 rings (SSSR count). The van der Waals surface area contributed by atoms with Crippen LogP contribution in [-0.2, 0) is 4.79 Å². The molecule has 98 valence electrons. The van der Waals surface area contributed by atoms with Crippen LogP contribution in [0.4, 0.5) is 0 Å². The summed E-state index contributed by atoms with van der Waals surface area (Å²) in [6.45, 7) is 7.14. The molecule has 2 nitrogen and oxygen atoms in total. The van der Waals surface area contributed by atoms with Gasteiger partial charge in [0.25, 0.3) is 0 Å². The summed E-state index contributed by atoms with van der Waals surface area (Å²) in [7, 11) is 0. The molecule has 2 saturated carbocycles. The average molecular weight is 258 g/mol. The van der Waals surface area contributed by atoms with Gasteiger partial charge in [-0.05, 0) is 42.9 Å². The van der Waals surface area contributed by atoms with Crippen LogP contribution in [0.15, 0.2) is 0 Å². The van der Waals surface area contributed by atoms with Gasteiger partial charge < -0.3 is 5.32 Å². The molecule has 3 heteroatoms. The molecule has 1 amide bonds. The Kier molecular flexibility index (Phi) is 3.72. The summed E-state index contributed by atoms with van der Waals surface area (Å²) < 4.78 is 0. The zero-order valence-electron chi connectivity index (χ0n) is 11.1. The molecule has 0 saturated heterocycles. The molecule has 1 N–H and O–H groups in total. The molecule has 0 aromatic rings. The number of hydrogen-bond acceptors (Lipinski definition) is 1. The molecule has 0 spiro atoms. The van der Waals surface area contributed by atoms with Gasteiger partial charge in [-0.25, -0.2) is 0 Å². The van der Waals surface area contributed by atoms with Crippen molar-refractivity contribution < 1.29 is 4.79 Å². The predicted octanol–water partition coefficient (Wildman–Crippen LogP) is 3.19. The number of fused-ring (bicyclic) bond motifs is 1. The maximum Gasteiger partial charge on any atom is 0.223 e. The van der Waals surface area contributed by atoms with E-state index < -0.39 is 0 Å². The lowest BCUT2D eigenvalue weighted by atomic mass is 9.90. The lowest BCUT2D eigenvalue weighted by molar-refractivity contribution is -0.125. The Balaban J connectivity index is 1.65. The normalized spacial score (nSPS) is 33.1. The molecule has 0 radical (unpaired) electrons. The summed E-state index contributed by atoms with van der Waals surface area (Å²) in [5.41, 5.74) is 0.228. The van der Waals surface area contributed by atoms with Crippen molar-refractivity contribution in [1.82, 2.24) is 5.32 Å². The van der Waals surface area contributed by atoms with Gasteiger partial charge in [0.2, 0.25) is 5.91 Å². The summed E-state index contributed by atoms with van der Waals surface area (Å²) in [6, 6.07) is 0. The van der Waals surface area contributed by atoms with Crippen molar-refractivity contribution in [1.29, 1.82) is 0 Å². The van der Waals surface area contributed by atoms with Crippen LogP contribution in [0.1, 0.15) is 46.5 Å². The molecular weight excluding hydrogens is 234 g/mol. The van der Waals surface area contributed by atoms with Gasteiger partial charge in [-0.1, -0.05) is 20.8 Å². The van der Waals surface area contributed by atoms with Crippen molar-refractivity contribution in [2.75, 3.05) is 6.54 Å². The maximum absolute atomic E-state index is 11.9. The maximum atomic E-state index is 11.9. The Morgan fingerprint density at radius 3 is 2.41 bits per heavy atom. The fourth-order valence-corrected chi connectivity index (χ4v) is 3.56. The highest BCUT2D eigenvalue weighted by Crippen LogP contribution is 2.54. The molecule has 0 aliphatic heterocycles. The van der Waals surface area contributed by atoms with E-state index in [-0.39, 0.29) is 22.6 Å². The number of amides is 1. The topological polar surface area (TPSA) is 29.1 Å². The first-order valence-electron chi connectivity index (χ1n) is 6.77. The fourth-order valence-electron chi connectivity index (χ4n) is 3.02. The molecule has 0 aromatic carbocycles. The monoisotopic (exact) mass is 257 g/mol. The number of alkyl halides is 1. The van der Waals surface area contributed by atoms with Crippen molar-refractivity contribution in [3.05, 3.63) is 0 Å². The minimum absolute atomic E-state index is 0.0508. The van der Waals surface area contributed by atoms with E-state index in [0.29, 0.717) is 6.54 Å². The van der Waals surface area contributed by atoms with Crippen LogP contribution in [0.25, 0.3) is 0 Å². The van der Waals surface area contributed by atoms with Gasteiger partial charge in [0.15, 0.2) is 0 Å². The van der Waals surface area contributed by atoms with Crippen molar-refractivity contribution in [2.24, 2.45) is 23.2 Å². The first kappa shape index (κ1) is 13.2. The van der Waals surface area contributed by atoms with Crippen LogP contribution >= 0.6 is 11.6 Å². The summed E-state index contributed by atoms with van der Waals surface area (Å²) >= 11 is 6.24. The zero-order valence-corrected chi connectivity index (χ0v) is 11.9.